The van der Waals surface area contributed by atoms with Gasteiger partial charge in [-0.25, -0.2) is 0 Å². The molecule has 0 aromatic carbocycles. The summed E-state index contributed by atoms with van der Waals surface area (Å²) in [4.78, 5) is 14.1. The standard InChI is InChI=1S/C6H4NOS/c8-6(9)5-3-1-2-4-7-5/h1-4H. The van der Waals surface area contributed by atoms with E-state index in [1.165, 1.54) is 0 Å². The molecular formula is C6H4NOS. The van der Waals surface area contributed by atoms with Crippen molar-refractivity contribution in [3.8, 4) is 0 Å². The van der Waals surface area contributed by atoms with Gasteiger partial charge in [-0.2, -0.15) is 0 Å². The predicted molar refractivity (Wildman–Crippen MR) is 36.2 cm³/mol. The van der Waals surface area contributed by atoms with E-state index in [2.05, 4.69) is 17.6 Å². The molecule has 0 aliphatic rings. The molecule has 9 heavy (non-hydrogen) atoms. The second kappa shape index (κ2) is 2.55. The number of carbonyl (C=O) groups is 1. The Morgan fingerprint density at radius 2 is 2.33 bits per heavy atom. The number of pyridine rings is 1. The third-order valence-corrected chi connectivity index (χ3v) is 1.08. The number of hydrogen-bond donors (Lipinski definition) is 0. The maximum absolute atomic E-state index is 10.4. The summed E-state index contributed by atoms with van der Waals surface area (Å²) >= 11 is 4.34. The van der Waals surface area contributed by atoms with Crippen LogP contribution in [0.1, 0.15) is 10.5 Å². The molecule has 0 aliphatic carbocycles. The molecule has 2 nitrogen and oxygen atoms in total. The predicted octanol–water partition coefficient (Wildman–Crippen LogP) is 1.42. The monoisotopic (exact) mass is 138 g/mol. The quantitative estimate of drug-likeness (QED) is 0.587. The van der Waals surface area contributed by atoms with Gasteiger partial charge in [0.15, 0.2) is 0 Å². The molecule has 0 N–H and O–H groups in total. The molecule has 0 aliphatic heterocycles. The van der Waals surface area contributed by atoms with E-state index in [1.807, 2.05) is 0 Å². The first kappa shape index (κ1) is 6.16. The summed E-state index contributed by atoms with van der Waals surface area (Å²) in [6, 6.07) is 5.06. The van der Waals surface area contributed by atoms with E-state index in [1.54, 1.807) is 24.4 Å². The van der Waals surface area contributed by atoms with Gasteiger partial charge >= 0.3 is 0 Å². The number of carbonyl (C=O) groups excluding carboxylic acids is 1. The van der Waals surface area contributed by atoms with Crippen molar-refractivity contribution in [3.05, 3.63) is 30.1 Å². The Morgan fingerprint density at radius 1 is 1.56 bits per heavy atom. The first-order valence-corrected chi connectivity index (χ1v) is 2.84. The molecule has 0 bridgehead atoms. The Labute approximate surface area is 58.3 Å². The molecule has 1 heterocycles. The molecule has 0 fully saturated rings. The van der Waals surface area contributed by atoms with Gasteiger partial charge in [0.05, 0.1) is 0 Å². The van der Waals surface area contributed by atoms with Crippen molar-refractivity contribution in [3.63, 3.8) is 0 Å². The van der Waals surface area contributed by atoms with Crippen LogP contribution in [0.25, 0.3) is 0 Å². The Morgan fingerprint density at radius 3 is 2.67 bits per heavy atom. The van der Waals surface area contributed by atoms with Crippen molar-refractivity contribution in [2.75, 3.05) is 0 Å². The molecule has 0 unspecified atom stereocenters. The van der Waals surface area contributed by atoms with Crippen LogP contribution in [-0.4, -0.2) is 10.1 Å². The second-order valence-electron chi connectivity index (χ2n) is 1.50. The third-order valence-electron chi connectivity index (χ3n) is 0.874. The van der Waals surface area contributed by atoms with Gasteiger partial charge in [0.25, 0.3) is 5.12 Å². The summed E-state index contributed by atoms with van der Waals surface area (Å²) in [7, 11) is 0. The normalized spacial score (nSPS) is 8.89. The molecule has 1 rings (SSSR count). The maximum atomic E-state index is 10.4. The van der Waals surface area contributed by atoms with Crippen LogP contribution in [0.5, 0.6) is 0 Å². The molecule has 0 spiro atoms. The molecule has 0 amide bonds. The van der Waals surface area contributed by atoms with Crippen LogP contribution in [0.4, 0.5) is 0 Å². The minimum atomic E-state index is -0.407. The van der Waals surface area contributed by atoms with Crippen molar-refractivity contribution >= 4 is 17.7 Å². The fourth-order valence-corrected chi connectivity index (χ4v) is 0.604. The molecule has 1 aromatic heterocycles. The zero-order chi connectivity index (χ0) is 6.69. The van der Waals surface area contributed by atoms with Crippen LogP contribution in [0.2, 0.25) is 0 Å². The van der Waals surface area contributed by atoms with Crippen molar-refractivity contribution < 1.29 is 4.79 Å². The summed E-state index contributed by atoms with van der Waals surface area (Å²) in [6.07, 6.45) is 1.54. The minimum Gasteiger partial charge on any atom is -0.275 e. The summed E-state index contributed by atoms with van der Waals surface area (Å²) in [6.45, 7) is 0. The van der Waals surface area contributed by atoms with E-state index in [0.717, 1.165) is 0 Å². The van der Waals surface area contributed by atoms with Gasteiger partial charge < -0.3 is 0 Å². The van der Waals surface area contributed by atoms with Gasteiger partial charge in [0.1, 0.15) is 5.69 Å². The number of rotatable bonds is 1. The lowest BCUT2D eigenvalue weighted by molar-refractivity contribution is 0.108. The molecule has 1 aromatic rings. The number of nitrogens with zero attached hydrogens (tertiary/aromatic N) is 1. The van der Waals surface area contributed by atoms with Crippen LogP contribution < -0.4 is 0 Å². The van der Waals surface area contributed by atoms with E-state index < -0.39 is 5.12 Å². The molecule has 0 atom stereocenters. The van der Waals surface area contributed by atoms with Crippen molar-refractivity contribution in [1.29, 1.82) is 0 Å². The first-order valence-electron chi connectivity index (χ1n) is 2.43. The van der Waals surface area contributed by atoms with Gasteiger partial charge in [-0.15, -0.1) is 0 Å². The van der Waals surface area contributed by atoms with Crippen molar-refractivity contribution in [1.82, 2.24) is 4.98 Å². The van der Waals surface area contributed by atoms with E-state index in [4.69, 9.17) is 0 Å². The molecule has 0 saturated carbocycles. The highest BCUT2D eigenvalue weighted by atomic mass is 32.1. The smallest absolute Gasteiger partial charge is 0.267 e. The van der Waals surface area contributed by atoms with Crippen LogP contribution >= 0.6 is 12.6 Å². The SMILES string of the molecule is O=C([S])c1ccccn1. The van der Waals surface area contributed by atoms with Gasteiger partial charge in [-0.1, -0.05) is 6.07 Å². The minimum absolute atomic E-state index is 0.340. The van der Waals surface area contributed by atoms with Crippen molar-refractivity contribution in [2.45, 2.75) is 0 Å². The third kappa shape index (κ3) is 1.47. The van der Waals surface area contributed by atoms with Gasteiger partial charge in [-0.05, 0) is 24.8 Å². The zero-order valence-electron chi connectivity index (χ0n) is 4.57. The Hall–Kier alpha value is -0.960. The van der Waals surface area contributed by atoms with Gasteiger partial charge in [0, 0.05) is 6.20 Å². The lowest BCUT2D eigenvalue weighted by Crippen LogP contribution is -1.90. The molecular weight excluding hydrogens is 134 g/mol. The number of hydrogen-bond acceptors (Lipinski definition) is 2. The van der Waals surface area contributed by atoms with E-state index >= 15 is 0 Å². The Bertz CT molecular complexity index is 210. The Balaban J connectivity index is 2.98. The highest BCUT2D eigenvalue weighted by molar-refractivity contribution is 7.97. The zero-order valence-corrected chi connectivity index (χ0v) is 5.39. The molecule has 3 heteroatoms. The van der Waals surface area contributed by atoms with E-state index in [0.29, 0.717) is 5.69 Å². The first-order chi connectivity index (χ1) is 4.30. The lowest BCUT2D eigenvalue weighted by Gasteiger charge is -1.86. The molecule has 45 valence electrons. The summed E-state index contributed by atoms with van der Waals surface area (Å²) < 4.78 is 0. The van der Waals surface area contributed by atoms with Crippen LogP contribution in [0.3, 0.4) is 0 Å². The van der Waals surface area contributed by atoms with Crippen molar-refractivity contribution in [2.24, 2.45) is 0 Å². The fraction of sp³-hybridized carbons (Fsp3) is 0. The largest absolute Gasteiger partial charge is 0.275 e. The fourth-order valence-electron chi connectivity index (χ4n) is 0.484. The van der Waals surface area contributed by atoms with E-state index in [9.17, 15) is 4.79 Å². The van der Waals surface area contributed by atoms with Crippen LogP contribution in [-0.2, 0) is 0 Å². The lowest BCUT2D eigenvalue weighted by atomic mass is 10.4. The van der Waals surface area contributed by atoms with Gasteiger partial charge in [0.2, 0.25) is 0 Å². The second-order valence-corrected chi connectivity index (χ2v) is 1.87. The van der Waals surface area contributed by atoms with Gasteiger partial charge in [-0.3, -0.25) is 9.78 Å². The maximum Gasteiger partial charge on any atom is 0.267 e. The summed E-state index contributed by atoms with van der Waals surface area (Å²) in [5, 5.41) is -0.407. The van der Waals surface area contributed by atoms with Crippen LogP contribution in [0.15, 0.2) is 24.4 Å². The average Bonchev–Trinajstić information content (AvgIpc) is 1.90. The highest BCUT2D eigenvalue weighted by Gasteiger charge is 1.98. The summed E-state index contributed by atoms with van der Waals surface area (Å²) in [5.74, 6) is 0. The Kier molecular flexibility index (Phi) is 1.75. The van der Waals surface area contributed by atoms with Crippen LogP contribution in [0, 0.1) is 0 Å². The van der Waals surface area contributed by atoms with E-state index in [-0.39, 0.29) is 0 Å². The molecule has 0 saturated heterocycles. The molecule has 1 radical (unpaired) electrons. The topological polar surface area (TPSA) is 30.0 Å². The summed E-state index contributed by atoms with van der Waals surface area (Å²) in [5.41, 5.74) is 0.340. The highest BCUT2D eigenvalue weighted by Crippen LogP contribution is 1.96. The average molecular weight is 138 g/mol. The number of aromatic nitrogens is 1.